The van der Waals surface area contributed by atoms with Gasteiger partial charge in [0, 0.05) is 6.42 Å². The molecule has 14 heavy (non-hydrogen) atoms. The first-order valence-corrected chi connectivity index (χ1v) is 5.57. The molecule has 0 spiro atoms. The number of carbonyl (C=O) groups is 1. The molecule has 1 heterocycles. The standard InChI is InChI=1S/C10H13NO2S/c1-6-9(10(12)13-2)14-8(11-6)5-7-3-4-7/h7H,3-5H2,1-2H3. The summed E-state index contributed by atoms with van der Waals surface area (Å²) in [5.74, 6) is 0.549. The lowest BCUT2D eigenvalue weighted by atomic mass is 10.3. The molecule has 0 atom stereocenters. The van der Waals surface area contributed by atoms with Crippen LogP contribution in [0.4, 0.5) is 0 Å². The van der Waals surface area contributed by atoms with Crippen LogP contribution in [0.3, 0.4) is 0 Å². The van der Waals surface area contributed by atoms with Gasteiger partial charge in [0.1, 0.15) is 4.88 Å². The highest BCUT2D eigenvalue weighted by molar-refractivity contribution is 7.13. The molecule has 1 aromatic heterocycles. The molecule has 76 valence electrons. The van der Waals surface area contributed by atoms with E-state index in [2.05, 4.69) is 9.72 Å². The van der Waals surface area contributed by atoms with Crippen molar-refractivity contribution in [1.29, 1.82) is 0 Å². The molecular weight excluding hydrogens is 198 g/mol. The van der Waals surface area contributed by atoms with Crippen LogP contribution in [0, 0.1) is 12.8 Å². The summed E-state index contributed by atoms with van der Waals surface area (Å²) in [7, 11) is 1.40. The SMILES string of the molecule is COC(=O)c1sc(CC2CC2)nc1C. The van der Waals surface area contributed by atoms with Gasteiger partial charge in [-0.05, 0) is 25.7 Å². The smallest absolute Gasteiger partial charge is 0.349 e. The molecule has 4 heteroatoms. The average Bonchev–Trinajstić information content (AvgIpc) is 2.89. The Morgan fingerprint density at radius 2 is 2.36 bits per heavy atom. The molecule has 0 radical (unpaired) electrons. The number of rotatable bonds is 3. The zero-order valence-corrected chi connectivity index (χ0v) is 9.19. The number of ether oxygens (including phenoxy) is 1. The number of nitrogens with zero attached hydrogens (tertiary/aromatic N) is 1. The monoisotopic (exact) mass is 211 g/mol. The van der Waals surface area contributed by atoms with Gasteiger partial charge in [-0.3, -0.25) is 0 Å². The number of hydrogen-bond donors (Lipinski definition) is 0. The maximum Gasteiger partial charge on any atom is 0.349 e. The molecular formula is C10H13NO2S. The summed E-state index contributed by atoms with van der Waals surface area (Å²) in [6.07, 6.45) is 3.65. The zero-order chi connectivity index (χ0) is 10.1. The van der Waals surface area contributed by atoms with Crippen molar-refractivity contribution in [3.8, 4) is 0 Å². The number of aryl methyl sites for hydroxylation is 1. The van der Waals surface area contributed by atoms with E-state index in [1.165, 1.54) is 31.3 Å². The van der Waals surface area contributed by atoms with E-state index in [1.54, 1.807) is 0 Å². The van der Waals surface area contributed by atoms with E-state index in [1.807, 2.05) is 6.92 Å². The predicted molar refractivity (Wildman–Crippen MR) is 54.6 cm³/mol. The minimum atomic E-state index is -0.262. The van der Waals surface area contributed by atoms with Gasteiger partial charge in [0.25, 0.3) is 0 Å². The van der Waals surface area contributed by atoms with Crippen molar-refractivity contribution in [2.45, 2.75) is 26.2 Å². The summed E-state index contributed by atoms with van der Waals surface area (Å²) in [6, 6.07) is 0. The Kier molecular flexibility index (Phi) is 2.54. The van der Waals surface area contributed by atoms with Crippen molar-refractivity contribution in [1.82, 2.24) is 4.98 Å². The summed E-state index contributed by atoms with van der Waals surface area (Å²) in [5, 5.41) is 1.07. The third-order valence-corrected chi connectivity index (χ3v) is 3.53. The van der Waals surface area contributed by atoms with Gasteiger partial charge in [-0.2, -0.15) is 0 Å². The van der Waals surface area contributed by atoms with Crippen LogP contribution >= 0.6 is 11.3 Å². The van der Waals surface area contributed by atoms with Crippen LogP contribution in [-0.2, 0) is 11.2 Å². The Hall–Kier alpha value is -0.900. The van der Waals surface area contributed by atoms with Crippen molar-refractivity contribution < 1.29 is 9.53 Å². The van der Waals surface area contributed by atoms with Gasteiger partial charge in [-0.25, -0.2) is 9.78 Å². The number of carbonyl (C=O) groups excluding carboxylic acids is 1. The molecule has 1 aliphatic carbocycles. The van der Waals surface area contributed by atoms with E-state index in [9.17, 15) is 4.79 Å². The number of aromatic nitrogens is 1. The maximum atomic E-state index is 11.3. The first kappa shape index (κ1) is 9.65. The first-order chi connectivity index (χ1) is 6.70. The fourth-order valence-electron chi connectivity index (χ4n) is 1.39. The van der Waals surface area contributed by atoms with Gasteiger partial charge in [0.15, 0.2) is 0 Å². The van der Waals surface area contributed by atoms with Crippen molar-refractivity contribution in [2.24, 2.45) is 5.92 Å². The number of methoxy groups -OCH3 is 1. The van der Waals surface area contributed by atoms with Gasteiger partial charge >= 0.3 is 5.97 Å². The van der Waals surface area contributed by atoms with Gasteiger partial charge in [-0.15, -0.1) is 11.3 Å². The summed E-state index contributed by atoms with van der Waals surface area (Å²) in [5.41, 5.74) is 0.803. The maximum absolute atomic E-state index is 11.3. The molecule has 1 fully saturated rings. The van der Waals surface area contributed by atoms with E-state index in [0.29, 0.717) is 4.88 Å². The van der Waals surface area contributed by atoms with E-state index in [4.69, 9.17) is 0 Å². The molecule has 1 aliphatic rings. The van der Waals surface area contributed by atoms with Crippen LogP contribution in [0.1, 0.15) is 33.2 Å². The summed E-state index contributed by atoms with van der Waals surface area (Å²) in [6.45, 7) is 1.86. The van der Waals surface area contributed by atoms with Crippen LogP contribution in [0.15, 0.2) is 0 Å². The molecule has 0 aliphatic heterocycles. The van der Waals surface area contributed by atoms with Crippen molar-refractivity contribution >= 4 is 17.3 Å². The number of hydrogen-bond acceptors (Lipinski definition) is 4. The number of esters is 1. The van der Waals surface area contributed by atoms with Crippen LogP contribution in [0.2, 0.25) is 0 Å². The largest absolute Gasteiger partial charge is 0.465 e. The van der Waals surface area contributed by atoms with E-state index < -0.39 is 0 Å². The lowest BCUT2D eigenvalue weighted by Crippen LogP contribution is -1.99. The third kappa shape index (κ3) is 1.95. The normalized spacial score (nSPS) is 15.6. The van der Waals surface area contributed by atoms with E-state index >= 15 is 0 Å². The van der Waals surface area contributed by atoms with Gasteiger partial charge < -0.3 is 4.74 Å². The molecule has 0 amide bonds. The molecule has 0 saturated heterocycles. The van der Waals surface area contributed by atoms with Gasteiger partial charge in [0.2, 0.25) is 0 Å². The Morgan fingerprint density at radius 1 is 1.64 bits per heavy atom. The van der Waals surface area contributed by atoms with E-state index in [-0.39, 0.29) is 5.97 Å². The Morgan fingerprint density at radius 3 is 2.93 bits per heavy atom. The molecule has 2 rings (SSSR count). The minimum Gasteiger partial charge on any atom is -0.465 e. The second-order valence-corrected chi connectivity index (χ2v) is 4.74. The minimum absolute atomic E-state index is 0.262. The van der Waals surface area contributed by atoms with E-state index in [0.717, 1.165) is 23.0 Å². The molecule has 0 N–H and O–H groups in total. The highest BCUT2D eigenvalue weighted by Gasteiger charge is 2.24. The quantitative estimate of drug-likeness (QED) is 0.719. The lowest BCUT2D eigenvalue weighted by Gasteiger charge is -1.93. The topological polar surface area (TPSA) is 39.2 Å². The fraction of sp³-hybridized carbons (Fsp3) is 0.600. The van der Waals surface area contributed by atoms with Gasteiger partial charge in [-0.1, -0.05) is 0 Å². The Bertz CT molecular complexity index is 355. The molecule has 3 nitrogen and oxygen atoms in total. The van der Waals surface area contributed by atoms with Crippen molar-refractivity contribution in [3.05, 3.63) is 15.6 Å². The molecule has 0 bridgehead atoms. The molecule has 1 saturated carbocycles. The van der Waals surface area contributed by atoms with Gasteiger partial charge in [0.05, 0.1) is 17.8 Å². The predicted octanol–water partition coefficient (Wildman–Crippen LogP) is 2.19. The van der Waals surface area contributed by atoms with Crippen LogP contribution < -0.4 is 0 Å². The lowest BCUT2D eigenvalue weighted by molar-refractivity contribution is 0.0605. The molecule has 1 aromatic rings. The Labute approximate surface area is 87.1 Å². The fourth-order valence-corrected chi connectivity index (χ4v) is 2.49. The highest BCUT2D eigenvalue weighted by Crippen LogP contribution is 2.34. The summed E-state index contributed by atoms with van der Waals surface area (Å²) in [4.78, 5) is 16.3. The molecule has 0 unspecified atom stereocenters. The highest BCUT2D eigenvalue weighted by atomic mass is 32.1. The number of thiazole rings is 1. The van der Waals surface area contributed by atoms with Crippen LogP contribution in [0.25, 0.3) is 0 Å². The summed E-state index contributed by atoms with van der Waals surface area (Å²) < 4.78 is 4.68. The first-order valence-electron chi connectivity index (χ1n) is 4.75. The van der Waals surface area contributed by atoms with Crippen molar-refractivity contribution in [3.63, 3.8) is 0 Å². The summed E-state index contributed by atoms with van der Waals surface area (Å²) >= 11 is 1.47. The van der Waals surface area contributed by atoms with Crippen LogP contribution in [-0.4, -0.2) is 18.1 Å². The third-order valence-electron chi connectivity index (χ3n) is 2.37. The Balaban J connectivity index is 2.15. The van der Waals surface area contributed by atoms with Crippen molar-refractivity contribution in [2.75, 3.05) is 7.11 Å². The molecule has 0 aromatic carbocycles. The zero-order valence-electron chi connectivity index (χ0n) is 8.37. The second kappa shape index (κ2) is 3.69. The van der Waals surface area contributed by atoms with Crippen LogP contribution in [0.5, 0.6) is 0 Å². The second-order valence-electron chi connectivity index (χ2n) is 3.66. The average molecular weight is 211 g/mol.